The fourth-order valence-electron chi connectivity index (χ4n) is 7.56. The number of urea groups is 1. The monoisotopic (exact) mass is 754 g/mol. The van der Waals surface area contributed by atoms with Crippen LogP contribution in [-0.4, -0.2) is 110 Å². The van der Waals surface area contributed by atoms with Gasteiger partial charge in [0, 0.05) is 39.0 Å². The topological polar surface area (TPSA) is 177 Å². The summed E-state index contributed by atoms with van der Waals surface area (Å²) in [5.74, 6) is -2.58. The molecular weight excluding hydrogens is 698 g/mol. The Morgan fingerprint density at radius 3 is 2.19 bits per heavy atom. The lowest BCUT2D eigenvalue weighted by molar-refractivity contribution is -0.144. The minimum absolute atomic E-state index is 0.0176. The van der Waals surface area contributed by atoms with E-state index in [-0.39, 0.29) is 36.8 Å². The van der Waals surface area contributed by atoms with E-state index in [0.717, 1.165) is 16.1 Å². The Balaban J connectivity index is 1.54. The van der Waals surface area contributed by atoms with Gasteiger partial charge in [-0.3, -0.25) is 14.4 Å². The number of sulfonamides is 1. The summed E-state index contributed by atoms with van der Waals surface area (Å²) in [6.07, 6.45) is -3.55. The third-order valence-corrected chi connectivity index (χ3v) is 12.3. The Hall–Kier alpha value is -3.37. The van der Waals surface area contributed by atoms with Crippen molar-refractivity contribution in [3.63, 3.8) is 0 Å². The number of amides is 5. The van der Waals surface area contributed by atoms with Crippen LogP contribution in [0.5, 0.6) is 0 Å². The van der Waals surface area contributed by atoms with Gasteiger partial charge < -0.3 is 31.3 Å². The average Bonchev–Trinajstić information content (AvgIpc) is 3.28. The summed E-state index contributed by atoms with van der Waals surface area (Å²) in [6.45, 7) is 14.9. The molecule has 0 aromatic heterocycles. The zero-order valence-corrected chi connectivity index (χ0v) is 32.6. The van der Waals surface area contributed by atoms with Crippen LogP contribution in [0.1, 0.15) is 79.0 Å². The first-order valence-electron chi connectivity index (χ1n) is 17.7. The van der Waals surface area contributed by atoms with E-state index < -0.39 is 93.8 Å². The largest absolute Gasteiger partial charge is 0.390 e. The number of carbonyl (C=O) groups excluding carboxylic acids is 4. The Kier molecular flexibility index (Phi) is 11.8. The predicted octanol–water partition coefficient (Wildman–Crippen LogP) is 2.40. The van der Waals surface area contributed by atoms with Gasteiger partial charge in [0.15, 0.2) is 0 Å². The molecule has 0 unspecified atom stereocenters. The quantitative estimate of drug-likeness (QED) is 0.218. The molecule has 0 bridgehead atoms. The molecule has 8 atom stereocenters. The number of hydrogen-bond acceptors (Lipinski definition) is 7. The first kappa shape index (κ1) is 41.4. The van der Waals surface area contributed by atoms with Crippen LogP contribution in [0, 0.1) is 28.1 Å². The van der Waals surface area contributed by atoms with Gasteiger partial charge in [0.25, 0.3) is 0 Å². The molecule has 5 amide bonds. The van der Waals surface area contributed by atoms with Crippen LogP contribution in [0.15, 0.2) is 24.3 Å². The molecule has 2 aliphatic carbocycles. The second-order valence-electron chi connectivity index (χ2n) is 17.4. The Labute approximate surface area is 306 Å². The van der Waals surface area contributed by atoms with E-state index in [9.17, 15) is 41.5 Å². The van der Waals surface area contributed by atoms with Gasteiger partial charge >= 0.3 is 6.03 Å². The summed E-state index contributed by atoms with van der Waals surface area (Å²) in [5.41, 5.74) is -0.271. The number of fused-ring (bicyclic) bond motifs is 2. The Morgan fingerprint density at radius 1 is 1.02 bits per heavy atom. The number of nitrogens with zero attached hydrogens (tertiary/aromatic N) is 2. The van der Waals surface area contributed by atoms with Gasteiger partial charge in [0.1, 0.15) is 18.1 Å². The second kappa shape index (κ2) is 14.8. The zero-order valence-electron chi connectivity index (χ0n) is 31.8. The van der Waals surface area contributed by atoms with E-state index in [1.165, 1.54) is 11.9 Å². The molecule has 1 saturated heterocycles. The zero-order chi connectivity index (χ0) is 39.3. The number of aliphatic hydroxyl groups is 1. The molecule has 1 heterocycles. The highest BCUT2D eigenvalue weighted by molar-refractivity contribution is 7.88. The maximum absolute atomic E-state index is 14.4. The van der Waals surface area contributed by atoms with Crippen molar-refractivity contribution >= 4 is 33.8 Å². The number of carbonyl (C=O) groups is 4. The second-order valence-corrected chi connectivity index (χ2v) is 19.5. The molecule has 52 heavy (non-hydrogen) atoms. The van der Waals surface area contributed by atoms with Crippen molar-refractivity contribution in [3.8, 4) is 0 Å². The standard InChI is InChI=1S/C36H56F2N6O7S/c1-34(2,3)24(18-43(9)52(10,50)51)40-33(49)42-29(35(4,5)6)32(48)44-17-21-26(36(21,7)8)28(44)31(47)39-22(16-25(37)38)30(46)41-27-20-14-12-11-13-19(20)15-23(27)45/h11-14,21-29,45H,15-18H2,1-10H3,(H,39,47)(H,41,46)(H2,40,42,49)/t21-,22-,23-,24+,26-,27+,28-,29+/m0/s1. The minimum atomic E-state index is -3.55. The van der Waals surface area contributed by atoms with E-state index in [4.69, 9.17) is 0 Å². The van der Waals surface area contributed by atoms with Crippen molar-refractivity contribution in [1.82, 2.24) is 30.5 Å². The Morgan fingerprint density at radius 2 is 1.63 bits per heavy atom. The predicted molar refractivity (Wildman–Crippen MR) is 191 cm³/mol. The molecule has 16 heteroatoms. The van der Waals surface area contributed by atoms with Gasteiger partial charge in [0.2, 0.25) is 34.2 Å². The summed E-state index contributed by atoms with van der Waals surface area (Å²) in [5, 5.41) is 21.4. The van der Waals surface area contributed by atoms with Crippen molar-refractivity contribution in [3.05, 3.63) is 35.4 Å². The lowest BCUT2D eigenvalue weighted by Gasteiger charge is -2.39. The number of piperidine rings is 1. The summed E-state index contributed by atoms with van der Waals surface area (Å²) in [7, 11) is -2.14. The normalized spacial score (nSPS) is 25.5. The molecule has 1 saturated carbocycles. The summed E-state index contributed by atoms with van der Waals surface area (Å²) in [6, 6.07) is 1.03. The van der Waals surface area contributed by atoms with Gasteiger partial charge in [-0.05, 0) is 39.2 Å². The van der Waals surface area contributed by atoms with E-state index >= 15 is 0 Å². The van der Waals surface area contributed by atoms with Crippen LogP contribution in [0.25, 0.3) is 0 Å². The number of alkyl halides is 2. The van der Waals surface area contributed by atoms with Crippen LogP contribution in [0.3, 0.4) is 0 Å². The number of likely N-dealkylation sites (N-methyl/N-ethyl adjacent to an activating group) is 1. The lowest BCUT2D eigenvalue weighted by Crippen LogP contribution is -2.63. The van der Waals surface area contributed by atoms with E-state index in [1.807, 2.05) is 40.7 Å². The molecule has 2 fully saturated rings. The molecule has 1 aliphatic heterocycles. The molecule has 0 spiro atoms. The molecule has 0 radical (unpaired) electrons. The number of rotatable bonds is 12. The Bertz CT molecular complexity index is 1640. The van der Waals surface area contributed by atoms with E-state index in [0.29, 0.717) is 5.56 Å². The summed E-state index contributed by atoms with van der Waals surface area (Å²) >= 11 is 0. The number of hydrogen-bond donors (Lipinski definition) is 5. The maximum atomic E-state index is 14.4. The van der Waals surface area contributed by atoms with Gasteiger partial charge in [-0.2, -0.15) is 0 Å². The molecule has 4 rings (SSSR count). The number of halogens is 2. The number of nitrogens with one attached hydrogen (secondary N) is 4. The number of benzene rings is 1. The maximum Gasteiger partial charge on any atom is 0.315 e. The number of aliphatic hydroxyl groups excluding tert-OH is 1. The molecular formula is C36H56F2N6O7S. The van der Waals surface area contributed by atoms with Crippen molar-refractivity contribution in [2.24, 2.45) is 28.1 Å². The fourth-order valence-corrected chi connectivity index (χ4v) is 7.98. The van der Waals surface area contributed by atoms with Gasteiger partial charge in [-0.1, -0.05) is 79.7 Å². The molecule has 1 aromatic carbocycles. The smallest absolute Gasteiger partial charge is 0.315 e. The first-order valence-corrected chi connectivity index (χ1v) is 19.5. The lowest BCUT2D eigenvalue weighted by atomic mass is 9.85. The van der Waals surface area contributed by atoms with Crippen molar-refractivity contribution in [2.75, 3.05) is 26.4 Å². The SMILES string of the molecule is CN(C[C@@H](NC(=O)N[C@H](C(=O)N1C[C@H]2[C@@H]([C@H]1C(=O)N[C@@H](CC(F)F)C(=O)N[C@@H]1c3ccccc3C[C@@H]1O)C2(C)C)C(C)(C)C)C(C)(C)C)S(C)(=O)=O. The summed E-state index contributed by atoms with van der Waals surface area (Å²) < 4.78 is 53.1. The van der Waals surface area contributed by atoms with Gasteiger partial charge in [-0.15, -0.1) is 0 Å². The van der Waals surface area contributed by atoms with Crippen LogP contribution in [0.4, 0.5) is 13.6 Å². The summed E-state index contributed by atoms with van der Waals surface area (Å²) in [4.78, 5) is 56.8. The molecule has 13 nitrogen and oxygen atoms in total. The van der Waals surface area contributed by atoms with Crippen LogP contribution >= 0.6 is 0 Å². The molecule has 292 valence electrons. The van der Waals surface area contributed by atoms with E-state index in [1.54, 1.807) is 39.0 Å². The van der Waals surface area contributed by atoms with Crippen molar-refractivity contribution in [2.45, 2.75) is 111 Å². The molecule has 5 N–H and O–H groups in total. The van der Waals surface area contributed by atoms with Crippen LogP contribution in [-0.2, 0) is 30.8 Å². The van der Waals surface area contributed by atoms with Gasteiger partial charge in [-0.25, -0.2) is 26.3 Å². The first-order chi connectivity index (χ1) is 23.7. The average molecular weight is 755 g/mol. The molecule has 1 aromatic rings. The van der Waals surface area contributed by atoms with Crippen LogP contribution in [0.2, 0.25) is 0 Å². The highest BCUT2D eigenvalue weighted by atomic mass is 32.2. The highest BCUT2D eigenvalue weighted by Crippen LogP contribution is 2.65. The van der Waals surface area contributed by atoms with Crippen LogP contribution < -0.4 is 21.3 Å². The minimum Gasteiger partial charge on any atom is -0.390 e. The fraction of sp³-hybridized carbons (Fsp3) is 0.722. The highest BCUT2D eigenvalue weighted by Gasteiger charge is 2.70. The van der Waals surface area contributed by atoms with Crippen molar-refractivity contribution < 1.29 is 41.5 Å². The number of likely N-dealkylation sites (tertiary alicyclic amines) is 1. The van der Waals surface area contributed by atoms with Gasteiger partial charge in [0.05, 0.1) is 18.4 Å². The molecule has 3 aliphatic rings. The third-order valence-electron chi connectivity index (χ3n) is 11.1. The van der Waals surface area contributed by atoms with Crippen molar-refractivity contribution in [1.29, 1.82) is 0 Å². The third kappa shape index (κ3) is 9.04. The van der Waals surface area contributed by atoms with E-state index in [2.05, 4.69) is 21.3 Å².